The molecule has 0 atom stereocenters. The molecule has 148 valence electrons. The van der Waals surface area contributed by atoms with Crippen LogP contribution in [0, 0.1) is 6.92 Å². The van der Waals surface area contributed by atoms with Crippen molar-refractivity contribution in [2.45, 2.75) is 19.3 Å². The normalized spacial score (nSPS) is 21.4. The number of hydrogen-bond donors (Lipinski definition) is 0. The molecule has 0 amide bonds. The summed E-state index contributed by atoms with van der Waals surface area (Å²) >= 11 is 0. The molecule has 3 rings (SSSR count). The average Bonchev–Trinajstić information content (AvgIpc) is 2.67. The second-order valence-electron chi connectivity index (χ2n) is 5.63. The molecule has 0 spiro atoms. The number of aryl methyl sites for hydroxylation is 1. The van der Waals surface area contributed by atoms with Gasteiger partial charge in [0, 0.05) is 11.1 Å². The van der Waals surface area contributed by atoms with Crippen LogP contribution in [0.1, 0.15) is 16.7 Å². The number of aliphatic imine (C=N–C) groups is 2. The molecule has 0 unspecified atom stereocenters. The third kappa shape index (κ3) is 4.41. The quantitative estimate of drug-likeness (QED) is 0.468. The van der Waals surface area contributed by atoms with Gasteiger partial charge in [0.15, 0.2) is 0 Å². The van der Waals surface area contributed by atoms with E-state index in [1.165, 1.54) is 6.92 Å². The van der Waals surface area contributed by atoms with Crippen LogP contribution >= 0.6 is 8.60 Å². The maximum absolute atomic E-state index is 13.5. The van der Waals surface area contributed by atoms with Gasteiger partial charge in [-0.3, -0.25) is 9.98 Å². The molecule has 5 nitrogen and oxygen atoms in total. The fourth-order valence-electron chi connectivity index (χ4n) is 2.59. The summed E-state index contributed by atoms with van der Waals surface area (Å²) in [5.41, 5.74) is -3.69. The molecule has 27 heavy (non-hydrogen) atoms. The second kappa shape index (κ2) is 7.37. The predicted octanol–water partition coefficient (Wildman–Crippen LogP) is 4.36. The summed E-state index contributed by atoms with van der Waals surface area (Å²) < 4.78 is 97.0. The van der Waals surface area contributed by atoms with E-state index in [0.717, 1.165) is 12.1 Å². The molecule has 1 aromatic carbocycles. The van der Waals surface area contributed by atoms with Crippen molar-refractivity contribution in [3.63, 3.8) is 0 Å². The molecule has 0 saturated heterocycles. The van der Waals surface area contributed by atoms with Gasteiger partial charge >= 0.3 is 21.0 Å². The van der Waals surface area contributed by atoms with E-state index >= 15 is 0 Å². The molecular formula is C15H13F6N2O3P. The van der Waals surface area contributed by atoms with E-state index in [2.05, 4.69) is 9.98 Å². The van der Waals surface area contributed by atoms with Crippen LogP contribution in [0.25, 0.3) is 0 Å². The van der Waals surface area contributed by atoms with Crippen molar-refractivity contribution in [2.75, 3.05) is 26.3 Å². The summed E-state index contributed by atoms with van der Waals surface area (Å²) in [4.78, 5) is 6.98. The van der Waals surface area contributed by atoms with Crippen molar-refractivity contribution in [3.05, 3.63) is 28.8 Å². The summed E-state index contributed by atoms with van der Waals surface area (Å²) in [6.07, 6.45) is -9.79. The van der Waals surface area contributed by atoms with Crippen LogP contribution in [-0.2, 0) is 9.05 Å². The molecule has 0 fully saturated rings. The molecule has 12 heteroatoms. The zero-order valence-corrected chi connectivity index (χ0v) is 14.7. The Bertz CT molecular complexity index is 732. The summed E-state index contributed by atoms with van der Waals surface area (Å²) in [5.74, 6) is -0.650. The van der Waals surface area contributed by atoms with Gasteiger partial charge in [-0.05, 0) is 24.6 Å². The van der Waals surface area contributed by atoms with Crippen molar-refractivity contribution in [2.24, 2.45) is 9.98 Å². The predicted molar refractivity (Wildman–Crippen MR) is 85.5 cm³/mol. The number of hydrogen-bond acceptors (Lipinski definition) is 5. The Morgan fingerprint density at radius 3 is 1.70 bits per heavy atom. The lowest BCUT2D eigenvalue weighted by Gasteiger charge is -2.21. The first-order valence-electron chi connectivity index (χ1n) is 7.70. The van der Waals surface area contributed by atoms with Gasteiger partial charge in [-0.1, -0.05) is 0 Å². The SMILES string of the molecule is Cc1cc2c3c(c1)C(C(F)(F)F)=NCCOP(OCCN=C2C(F)(F)F)O3. The smallest absolute Gasteiger partial charge is 0.425 e. The van der Waals surface area contributed by atoms with Crippen LogP contribution in [0.5, 0.6) is 5.75 Å². The van der Waals surface area contributed by atoms with Gasteiger partial charge in [-0.25, -0.2) is 0 Å². The summed E-state index contributed by atoms with van der Waals surface area (Å²) in [6.45, 7) is 0.224. The Kier molecular flexibility index (Phi) is 5.47. The summed E-state index contributed by atoms with van der Waals surface area (Å²) in [5, 5.41) is 0. The standard InChI is InChI=1S/C15H13F6N2O3P/c1-8-6-9-11-10(7-8)13(15(19,20)21)23-3-5-25-27(26-11)24-4-2-22-12(9)14(16,17)18/h6-7H,2-5H2,1H3. The molecule has 0 aliphatic carbocycles. The maximum Gasteiger partial charge on any atom is 0.433 e. The van der Waals surface area contributed by atoms with E-state index in [0.29, 0.717) is 0 Å². The zero-order chi connectivity index (χ0) is 19.8. The van der Waals surface area contributed by atoms with Crippen LogP contribution < -0.4 is 4.52 Å². The highest BCUT2D eigenvalue weighted by Crippen LogP contribution is 2.47. The van der Waals surface area contributed by atoms with Gasteiger partial charge in [0.05, 0.1) is 26.3 Å². The molecule has 0 N–H and O–H groups in total. The van der Waals surface area contributed by atoms with Gasteiger partial charge in [0.25, 0.3) is 0 Å². The second-order valence-corrected chi connectivity index (χ2v) is 6.77. The molecule has 2 heterocycles. The number of nitrogens with zero attached hydrogens (tertiary/aromatic N) is 2. The van der Waals surface area contributed by atoms with Gasteiger partial charge in [-0.2, -0.15) is 26.3 Å². The van der Waals surface area contributed by atoms with Crippen LogP contribution in [0.4, 0.5) is 26.3 Å². The number of rotatable bonds is 0. The molecule has 2 aliphatic heterocycles. The lowest BCUT2D eigenvalue weighted by molar-refractivity contribution is -0.0588. The summed E-state index contributed by atoms with van der Waals surface area (Å²) in [6, 6.07) is 2.16. The molecule has 0 aromatic heterocycles. The Morgan fingerprint density at radius 1 is 0.852 bits per heavy atom. The Morgan fingerprint density at radius 2 is 1.30 bits per heavy atom. The maximum atomic E-state index is 13.5. The molecule has 2 bridgehead atoms. The first-order valence-corrected chi connectivity index (χ1v) is 8.79. The van der Waals surface area contributed by atoms with Gasteiger partial charge in [0.1, 0.15) is 17.2 Å². The van der Waals surface area contributed by atoms with Crippen molar-refractivity contribution in [1.29, 1.82) is 0 Å². The van der Waals surface area contributed by atoms with Gasteiger partial charge in [-0.15, -0.1) is 0 Å². The zero-order valence-electron chi connectivity index (χ0n) is 13.8. The average molecular weight is 414 g/mol. The van der Waals surface area contributed by atoms with Crippen molar-refractivity contribution in [3.8, 4) is 5.75 Å². The minimum absolute atomic E-state index is 0.172. The fourth-order valence-corrected chi connectivity index (χ4v) is 3.58. The van der Waals surface area contributed by atoms with Crippen LogP contribution in [-0.4, -0.2) is 50.1 Å². The molecule has 2 aliphatic rings. The summed E-state index contributed by atoms with van der Waals surface area (Å²) in [7, 11) is -2.20. The first kappa shape index (κ1) is 20.0. The third-order valence-corrected chi connectivity index (χ3v) is 4.68. The van der Waals surface area contributed by atoms with Crippen molar-refractivity contribution in [1.82, 2.24) is 0 Å². The number of benzene rings is 1. The van der Waals surface area contributed by atoms with Gasteiger partial charge in [0.2, 0.25) is 0 Å². The van der Waals surface area contributed by atoms with Crippen molar-refractivity contribution >= 4 is 20.0 Å². The van der Waals surface area contributed by atoms with Crippen LogP contribution in [0.15, 0.2) is 22.1 Å². The molecule has 0 radical (unpaired) electrons. The van der Waals surface area contributed by atoms with E-state index < -0.39 is 49.3 Å². The monoisotopic (exact) mass is 414 g/mol. The first-order chi connectivity index (χ1) is 12.6. The van der Waals surface area contributed by atoms with E-state index in [4.69, 9.17) is 13.6 Å². The lowest BCUT2D eigenvalue weighted by Crippen LogP contribution is -2.28. The number of alkyl halides is 6. The van der Waals surface area contributed by atoms with Crippen molar-refractivity contribution < 1.29 is 39.9 Å². The lowest BCUT2D eigenvalue weighted by atomic mass is 9.97. The Hall–Kier alpha value is -1.71. The Balaban J connectivity index is 2.32. The number of halogens is 6. The van der Waals surface area contributed by atoms with Gasteiger partial charge < -0.3 is 13.6 Å². The molecule has 0 saturated carbocycles. The molecule has 1 aromatic rings. The van der Waals surface area contributed by atoms with Crippen LogP contribution in [0.3, 0.4) is 0 Å². The highest BCUT2D eigenvalue weighted by molar-refractivity contribution is 7.42. The largest absolute Gasteiger partial charge is 0.433 e. The minimum atomic E-state index is -4.90. The van der Waals surface area contributed by atoms with Crippen LogP contribution in [0.2, 0.25) is 0 Å². The van der Waals surface area contributed by atoms with E-state index in [1.54, 1.807) is 0 Å². The minimum Gasteiger partial charge on any atom is -0.425 e. The number of fused-ring (bicyclic) bond motifs is 1. The van der Waals surface area contributed by atoms with E-state index in [9.17, 15) is 26.3 Å². The highest BCUT2D eigenvalue weighted by atomic mass is 31.2. The molecular weight excluding hydrogens is 401 g/mol. The highest BCUT2D eigenvalue weighted by Gasteiger charge is 2.44. The Labute approximate surface area is 151 Å². The topological polar surface area (TPSA) is 52.4 Å². The third-order valence-electron chi connectivity index (χ3n) is 3.56. The van der Waals surface area contributed by atoms with E-state index in [-0.39, 0.29) is 31.9 Å². The fraction of sp³-hybridized carbons (Fsp3) is 0.467. The van der Waals surface area contributed by atoms with E-state index in [1.807, 2.05) is 0 Å².